The molecule has 1 aromatic heterocycles. The fourth-order valence-electron chi connectivity index (χ4n) is 0.520. The number of hydrogen-bond acceptors (Lipinski definition) is 2. The molecule has 0 saturated heterocycles. The second kappa shape index (κ2) is 5.53. The predicted molar refractivity (Wildman–Crippen MR) is 45.7 cm³/mol. The van der Waals surface area contributed by atoms with Gasteiger partial charge in [0.25, 0.3) is 0 Å². The van der Waals surface area contributed by atoms with Gasteiger partial charge < -0.3 is 5.73 Å². The molecule has 0 bridgehead atoms. The average Bonchev–Trinajstić information content (AvgIpc) is 2.12. The first kappa shape index (κ1) is 12.4. The predicted octanol–water partition coefficient (Wildman–Crippen LogP) is 1.27. The Hall–Kier alpha value is -0.250. The molecule has 0 aliphatic heterocycles. The third kappa shape index (κ3) is 3.06. The van der Waals surface area contributed by atoms with E-state index in [9.17, 15) is 0 Å². The summed E-state index contributed by atoms with van der Waals surface area (Å²) in [6.07, 6.45) is 1.69. The van der Waals surface area contributed by atoms with Crippen molar-refractivity contribution in [3.8, 4) is 0 Å². The van der Waals surface area contributed by atoms with Crippen LogP contribution in [0, 0.1) is 0 Å². The summed E-state index contributed by atoms with van der Waals surface area (Å²) < 4.78 is 0. The van der Waals surface area contributed by atoms with Gasteiger partial charge in [0.15, 0.2) is 0 Å². The van der Waals surface area contributed by atoms with Crippen LogP contribution in [-0.2, 0) is 0 Å². The van der Waals surface area contributed by atoms with Gasteiger partial charge in [-0.1, -0.05) is 0 Å². The lowest BCUT2D eigenvalue weighted by Crippen LogP contribution is -2.04. The smallest absolute Gasteiger partial charge is 0.0516 e. The Bertz CT molecular complexity index is 150. The van der Waals surface area contributed by atoms with Crippen LogP contribution in [0.25, 0.3) is 0 Å². The van der Waals surface area contributed by atoms with E-state index < -0.39 is 0 Å². The molecule has 0 radical (unpaired) electrons. The molecule has 1 rings (SSSR count). The van der Waals surface area contributed by atoms with E-state index in [2.05, 4.69) is 10.2 Å². The fraction of sp³-hybridized carbons (Fsp3) is 0.400. The Morgan fingerprint density at radius 3 is 2.40 bits per heavy atom. The summed E-state index contributed by atoms with van der Waals surface area (Å²) in [6, 6.07) is 1.93. The van der Waals surface area contributed by atoms with E-state index in [4.69, 9.17) is 5.73 Å². The quantitative estimate of drug-likeness (QED) is 0.690. The molecule has 0 aliphatic rings. The Morgan fingerprint density at radius 2 is 2.20 bits per heavy atom. The monoisotopic (exact) mass is 183 g/mol. The number of nitrogens with two attached hydrogens (primary N) is 1. The molecular weight excluding hydrogens is 173 g/mol. The van der Waals surface area contributed by atoms with Crippen molar-refractivity contribution in [2.24, 2.45) is 5.73 Å². The summed E-state index contributed by atoms with van der Waals surface area (Å²) in [5.41, 5.74) is 6.46. The van der Waals surface area contributed by atoms with Gasteiger partial charge in [-0.2, -0.15) is 5.10 Å². The van der Waals surface area contributed by atoms with E-state index in [-0.39, 0.29) is 30.9 Å². The SMILES string of the molecule is C[C@H](N)c1ccn[nH]1.Cl.Cl. The van der Waals surface area contributed by atoms with Gasteiger partial charge in [-0.25, -0.2) is 0 Å². The van der Waals surface area contributed by atoms with Crippen molar-refractivity contribution in [1.82, 2.24) is 10.2 Å². The molecule has 0 aromatic carbocycles. The largest absolute Gasteiger partial charge is 0.323 e. The average molecular weight is 184 g/mol. The van der Waals surface area contributed by atoms with E-state index in [0.29, 0.717) is 0 Å². The zero-order chi connectivity index (χ0) is 5.98. The number of H-pyrrole nitrogens is 1. The summed E-state index contributed by atoms with van der Waals surface area (Å²) >= 11 is 0. The highest BCUT2D eigenvalue weighted by molar-refractivity contribution is 5.85. The van der Waals surface area contributed by atoms with E-state index in [1.807, 2.05) is 13.0 Å². The van der Waals surface area contributed by atoms with Crippen LogP contribution in [0.3, 0.4) is 0 Å². The highest BCUT2D eigenvalue weighted by atomic mass is 35.5. The Labute approximate surface area is 72.2 Å². The molecular formula is C5H11Cl2N3. The second-order valence-electron chi connectivity index (χ2n) is 1.80. The number of hydrogen-bond donors (Lipinski definition) is 2. The standard InChI is InChI=1S/C5H9N3.2ClH/c1-4(6)5-2-3-7-8-5;;/h2-4H,6H2,1H3,(H,7,8);2*1H/t4-;;/m0../s1. The third-order valence-electron chi connectivity index (χ3n) is 1.01. The molecule has 1 aromatic rings. The van der Waals surface area contributed by atoms with E-state index in [0.717, 1.165) is 5.69 Å². The number of halogens is 2. The summed E-state index contributed by atoms with van der Waals surface area (Å²) in [5, 5.41) is 6.50. The molecule has 3 nitrogen and oxygen atoms in total. The van der Waals surface area contributed by atoms with Crippen molar-refractivity contribution in [3.63, 3.8) is 0 Å². The van der Waals surface area contributed by atoms with Gasteiger partial charge in [0.2, 0.25) is 0 Å². The molecule has 0 saturated carbocycles. The Balaban J connectivity index is 0. The van der Waals surface area contributed by atoms with E-state index in [1.165, 1.54) is 0 Å². The van der Waals surface area contributed by atoms with Gasteiger partial charge in [0, 0.05) is 12.2 Å². The van der Waals surface area contributed by atoms with Gasteiger partial charge in [0.1, 0.15) is 0 Å². The molecule has 5 heteroatoms. The molecule has 1 heterocycles. The highest BCUT2D eigenvalue weighted by Gasteiger charge is 1.96. The number of rotatable bonds is 1. The fourth-order valence-corrected chi connectivity index (χ4v) is 0.520. The van der Waals surface area contributed by atoms with Crippen molar-refractivity contribution >= 4 is 24.8 Å². The van der Waals surface area contributed by atoms with Crippen molar-refractivity contribution < 1.29 is 0 Å². The normalized spacial score (nSPS) is 11.0. The molecule has 10 heavy (non-hydrogen) atoms. The first-order valence-electron chi connectivity index (χ1n) is 2.55. The lowest BCUT2D eigenvalue weighted by Gasteiger charge is -1.96. The van der Waals surface area contributed by atoms with Gasteiger partial charge in [0.05, 0.1) is 5.69 Å². The Kier molecular flexibility index (Phi) is 6.87. The van der Waals surface area contributed by atoms with Crippen molar-refractivity contribution in [2.75, 3.05) is 0 Å². The molecule has 60 valence electrons. The van der Waals surface area contributed by atoms with Crippen LogP contribution in [-0.4, -0.2) is 10.2 Å². The lowest BCUT2D eigenvalue weighted by molar-refractivity contribution is 0.772. The van der Waals surface area contributed by atoms with Crippen LogP contribution in [0.4, 0.5) is 0 Å². The molecule has 3 N–H and O–H groups in total. The van der Waals surface area contributed by atoms with Crippen LogP contribution in [0.1, 0.15) is 18.7 Å². The Morgan fingerprint density at radius 1 is 1.60 bits per heavy atom. The van der Waals surface area contributed by atoms with Crippen molar-refractivity contribution in [3.05, 3.63) is 18.0 Å². The zero-order valence-corrected chi connectivity index (χ0v) is 7.21. The number of aromatic amines is 1. The summed E-state index contributed by atoms with van der Waals surface area (Å²) in [7, 11) is 0. The topological polar surface area (TPSA) is 54.7 Å². The second-order valence-corrected chi connectivity index (χ2v) is 1.80. The van der Waals surface area contributed by atoms with Crippen molar-refractivity contribution in [1.29, 1.82) is 0 Å². The summed E-state index contributed by atoms with van der Waals surface area (Å²) in [6.45, 7) is 1.91. The lowest BCUT2D eigenvalue weighted by atomic mass is 10.3. The van der Waals surface area contributed by atoms with Crippen LogP contribution < -0.4 is 5.73 Å². The maximum Gasteiger partial charge on any atom is 0.0516 e. The first-order chi connectivity index (χ1) is 3.80. The number of aromatic nitrogens is 2. The molecule has 0 amide bonds. The van der Waals surface area contributed by atoms with Crippen LogP contribution in [0.2, 0.25) is 0 Å². The molecule has 0 fully saturated rings. The van der Waals surface area contributed by atoms with Crippen molar-refractivity contribution in [2.45, 2.75) is 13.0 Å². The van der Waals surface area contributed by atoms with Gasteiger partial charge >= 0.3 is 0 Å². The highest BCUT2D eigenvalue weighted by Crippen LogP contribution is 2.01. The summed E-state index contributed by atoms with van der Waals surface area (Å²) in [5.74, 6) is 0. The van der Waals surface area contributed by atoms with E-state index >= 15 is 0 Å². The van der Waals surface area contributed by atoms with Gasteiger partial charge in [-0.05, 0) is 13.0 Å². The number of nitrogens with zero attached hydrogens (tertiary/aromatic N) is 1. The first-order valence-corrected chi connectivity index (χ1v) is 2.55. The van der Waals surface area contributed by atoms with Crippen LogP contribution in [0.15, 0.2) is 12.3 Å². The minimum absolute atomic E-state index is 0. The molecule has 0 aliphatic carbocycles. The molecule has 1 atom stereocenters. The van der Waals surface area contributed by atoms with Gasteiger partial charge in [-0.15, -0.1) is 24.8 Å². The van der Waals surface area contributed by atoms with Gasteiger partial charge in [-0.3, -0.25) is 5.10 Å². The third-order valence-corrected chi connectivity index (χ3v) is 1.01. The zero-order valence-electron chi connectivity index (χ0n) is 5.57. The van der Waals surface area contributed by atoms with Crippen LogP contribution >= 0.6 is 24.8 Å². The minimum atomic E-state index is 0. The minimum Gasteiger partial charge on any atom is -0.323 e. The van der Waals surface area contributed by atoms with E-state index in [1.54, 1.807) is 6.20 Å². The van der Waals surface area contributed by atoms with Crippen LogP contribution in [0.5, 0.6) is 0 Å². The molecule has 0 spiro atoms. The molecule has 0 unspecified atom stereocenters. The maximum absolute atomic E-state index is 5.49. The maximum atomic E-state index is 5.49. The number of nitrogens with one attached hydrogen (secondary N) is 1. The summed E-state index contributed by atoms with van der Waals surface area (Å²) in [4.78, 5) is 0.